The largest absolute Gasteiger partial charge is 0.493 e. The summed E-state index contributed by atoms with van der Waals surface area (Å²) in [5.74, 6) is 0.917. The van der Waals surface area contributed by atoms with E-state index < -0.39 is 4.92 Å². The minimum atomic E-state index is -0.459. The molecule has 0 saturated carbocycles. The van der Waals surface area contributed by atoms with Gasteiger partial charge in [0.2, 0.25) is 0 Å². The van der Waals surface area contributed by atoms with Gasteiger partial charge in [-0.25, -0.2) is 0 Å². The monoisotopic (exact) mass is 447 g/mol. The number of hydrogen-bond donors (Lipinski definition) is 1. The number of rotatable bonds is 7. The number of halogens is 1. The highest BCUT2D eigenvalue weighted by Gasteiger charge is 2.12. The second kappa shape index (κ2) is 9.12. The van der Waals surface area contributed by atoms with Gasteiger partial charge in [0.05, 0.1) is 17.6 Å². The van der Waals surface area contributed by atoms with Crippen molar-refractivity contribution in [2.75, 3.05) is 7.11 Å². The van der Waals surface area contributed by atoms with Crippen LogP contribution in [-0.2, 0) is 6.61 Å². The van der Waals surface area contributed by atoms with Crippen molar-refractivity contribution in [1.29, 1.82) is 5.26 Å². The lowest BCUT2D eigenvalue weighted by Gasteiger charge is -2.13. The minimum absolute atomic E-state index is 0.00173. The van der Waals surface area contributed by atoms with Crippen molar-refractivity contribution in [2.24, 2.45) is 5.73 Å². The zero-order chi connectivity index (χ0) is 20.0. The maximum absolute atomic E-state index is 10.7. The molecule has 2 N–H and O–H groups in total. The summed E-state index contributed by atoms with van der Waals surface area (Å²) < 4.78 is 11.8. The maximum atomic E-state index is 10.7. The van der Waals surface area contributed by atoms with E-state index in [1.165, 1.54) is 19.2 Å². The van der Waals surface area contributed by atoms with Crippen LogP contribution in [0.1, 0.15) is 11.1 Å². The Balaban J connectivity index is 2.25. The van der Waals surface area contributed by atoms with E-state index >= 15 is 0 Å². The van der Waals surface area contributed by atoms with Gasteiger partial charge in [0.25, 0.3) is 5.69 Å². The Morgan fingerprint density at radius 1 is 1.37 bits per heavy atom. The molecule has 0 atom stereocenters. The van der Waals surface area contributed by atoms with Gasteiger partial charge < -0.3 is 15.2 Å². The van der Waals surface area contributed by atoms with E-state index in [4.69, 9.17) is 32.7 Å². The number of hydrogen-bond acceptors (Lipinski definition) is 6. The molecule has 2 rings (SSSR count). The van der Waals surface area contributed by atoms with Crippen LogP contribution in [-0.4, -0.2) is 17.0 Å². The van der Waals surface area contributed by atoms with Crippen LogP contribution in [0.25, 0.3) is 6.08 Å². The Morgan fingerprint density at radius 3 is 2.56 bits per heavy atom. The van der Waals surface area contributed by atoms with Gasteiger partial charge >= 0.3 is 0 Å². The molecule has 0 aliphatic rings. The highest BCUT2D eigenvalue weighted by Crippen LogP contribution is 2.35. The van der Waals surface area contributed by atoms with Crippen LogP contribution in [0.3, 0.4) is 0 Å². The van der Waals surface area contributed by atoms with E-state index in [2.05, 4.69) is 15.9 Å². The molecule has 9 heteroatoms. The van der Waals surface area contributed by atoms with Crippen molar-refractivity contribution < 1.29 is 14.4 Å². The molecule has 2 aromatic rings. The predicted octanol–water partition coefficient (Wildman–Crippen LogP) is 4.14. The summed E-state index contributed by atoms with van der Waals surface area (Å²) in [7, 11) is 1.49. The highest BCUT2D eigenvalue weighted by atomic mass is 79.9. The number of nitriles is 1. The summed E-state index contributed by atoms with van der Waals surface area (Å²) in [6.45, 7) is 0.201. The van der Waals surface area contributed by atoms with Gasteiger partial charge in [0.15, 0.2) is 11.5 Å². The predicted molar refractivity (Wildman–Crippen MR) is 108 cm³/mol. The summed E-state index contributed by atoms with van der Waals surface area (Å²) in [6, 6.07) is 11.4. The maximum Gasteiger partial charge on any atom is 0.269 e. The minimum Gasteiger partial charge on any atom is -0.493 e. The Kier molecular flexibility index (Phi) is 6.87. The summed E-state index contributed by atoms with van der Waals surface area (Å²) in [5.41, 5.74) is 7.12. The zero-order valence-corrected chi connectivity index (χ0v) is 16.5. The molecule has 0 heterocycles. The van der Waals surface area contributed by atoms with E-state index in [-0.39, 0.29) is 22.9 Å². The SMILES string of the molecule is COc1cc(/C=C(\C#N)C(N)=S)c(Br)cc1OCc1ccc([N+](=O)[O-])cc1. The van der Waals surface area contributed by atoms with E-state index in [9.17, 15) is 10.1 Å². The molecule has 0 radical (unpaired) electrons. The number of nitrogens with zero attached hydrogens (tertiary/aromatic N) is 2. The highest BCUT2D eigenvalue weighted by molar-refractivity contribution is 9.10. The number of nitro benzene ring substituents is 1. The fraction of sp³-hybridized carbons (Fsp3) is 0.111. The molecule has 7 nitrogen and oxygen atoms in total. The zero-order valence-electron chi connectivity index (χ0n) is 14.1. The van der Waals surface area contributed by atoms with Crippen molar-refractivity contribution >= 4 is 44.9 Å². The Bertz CT molecular complexity index is 952. The van der Waals surface area contributed by atoms with Crippen molar-refractivity contribution in [2.45, 2.75) is 6.61 Å². The Hall–Kier alpha value is -2.96. The van der Waals surface area contributed by atoms with Crippen molar-refractivity contribution in [3.8, 4) is 17.6 Å². The van der Waals surface area contributed by atoms with Gasteiger partial charge in [-0.15, -0.1) is 0 Å². The van der Waals surface area contributed by atoms with E-state index in [0.717, 1.165) is 5.56 Å². The molecule has 0 saturated heterocycles. The molecular formula is C18H14BrN3O4S. The molecule has 0 spiro atoms. The van der Waals surface area contributed by atoms with Crippen LogP contribution >= 0.6 is 28.1 Å². The molecule has 0 aliphatic carbocycles. The lowest BCUT2D eigenvalue weighted by Crippen LogP contribution is -2.09. The quantitative estimate of drug-likeness (QED) is 0.223. The smallest absolute Gasteiger partial charge is 0.269 e. The normalized spacial score (nSPS) is 10.8. The molecule has 2 aromatic carbocycles. The number of thiocarbonyl (C=S) groups is 1. The summed E-state index contributed by atoms with van der Waals surface area (Å²) in [4.78, 5) is 10.2. The summed E-state index contributed by atoms with van der Waals surface area (Å²) >= 11 is 8.26. The lowest BCUT2D eigenvalue weighted by atomic mass is 10.1. The van der Waals surface area contributed by atoms with Gasteiger partial charge in [-0.05, 0) is 41.5 Å². The van der Waals surface area contributed by atoms with Crippen LogP contribution < -0.4 is 15.2 Å². The molecule has 0 bridgehead atoms. The first-order valence-electron chi connectivity index (χ1n) is 7.51. The standard InChI is InChI=1S/C18H14BrN3O4S/c1-25-16-7-12(6-13(9-20)18(21)27)15(19)8-17(16)26-10-11-2-4-14(5-3-11)22(23)24/h2-8H,10H2,1H3,(H2,21,27)/b13-6+. The average molecular weight is 448 g/mol. The summed E-state index contributed by atoms with van der Waals surface area (Å²) in [5, 5.41) is 19.8. The molecule has 0 fully saturated rings. The topological polar surface area (TPSA) is 111 Å². The molecule has 0 aliphatic heterocycles. The number of nitro groups is 1. The number of ether oxygens (including phenoxy) is 2. The Labute approximate surface area is 169 Å². The molecule has 0 unspecified atom stereocenters. The van der Waals surface area contributed by atoms with E-state index in [1.54, 1.807) is 30.3 Å². The van der Waals surface area contributed by atoms with Crippen molar-refractivity contribution in [3.05, 3.63) is 67.7 Å². The van der Waals surface area contributed by atoms with Crippen molar-refractivity contribution in [3.63, 3.8) is 0 Å². The van der Waals surface area contributed by atoms with Crippen LogP contribution in [0.2, 0.25) is 0 Å². The van der Waals surface area contributed by atoms with Gasteiger partial charge in [0.1, 0.15) is 17.7 Å². The third-order valence-electron chi connectivity index (χ3n) is 3.51. The third-order valence-corrected chi connectivity index (χ3v) is 4.42. The molecule has 0 aromatic heterocycles. The summed E-state index contributed by atoms with van der Waals surface area (Å²) in [6.07, 6.45) is 1.55. The Morgan fingerprint density at radius 2 is 2.04 bits per heavy atom. The van der Waals surface area contributed by atoms with Crippen LogP contribution in [0.15, 0.2) is 46.4 Å². The fourth-order valence-electron chi connectivity index (χ4n) is 2.12. The fourth-order valence-corrected chi connectivity index (χ4v) is 2.66. The van der Waals surface area contributed by atoms with Crippen LogP contribution in [0.4, 0.5) is 5.69 Å². The number of non-ortho nitro benzene ring substituents is 1. The number of nitrogens with two attached hydrogens (primary N) is 1. The van der Waals surface area contributed by atoms with E-state index in [0.29, 0.717) is 21.5 Å². The number of benzene rings is 2. The van der Waals surface area contributed by atoms with Gasteiger partial charge in [-0.1, -0.05) is 28.1 Å². The first kappa shape index (κ1) is 20.4. The van der Waals surface area contributed by atoms with E-state index in [1.807, 2.05) is 6.07 Å². The van der Waals surface area contributed by atoms with Gasteiger partial charge in [0, 0.05) is 16.6 Å². The molecule has 0 amide bonds. The lowest BCUT2D eigenvalue weighted by molar-refractivity contribution is -0.384. The molecular weight excluding hydrogens is 434 g/mol. The molecule has 138 valence electrons. The molecule has 27 heavy (non-hydrogen) atoms. The van der Waals surface area contributed by atoms with Crippen LogP contribution in [0, 0.1) is 21.4 Å². The van der Waals surface area contributed by atoms with Crippen LogP contribution in [0.5, 0.6) is 11.5 Å². The average Bonchev–Trinajstić information content (AvgIpc) is 2.65. The number of methoxy groups -OCH3 is 1. The first-order valence-corrected chi connectivity index (χ1v) is 8.71. The van der Waals surface area contributed by atoms with Gasteiger partial charge in [-0.2, -0.15) is 5.26 Å². The van der Waals surface area contributed by atoms with Crippen molar-refractivity contribution in [1.82, 2.24) is 0 Å². The second-order valence-corrected chi connectivity index (χ2v) is 6.57. The second-order valence-electron chi connectivity index (χ2n) is 5.27. The first-order chi connectivity index (χ1) is 12.8. The van der Waals surface area contributed by atoms with Gasteiger partial charge in [-0.3, -0.25) is 10.1 Å². The third kappa shape index (κ3) is 5.26.